The molecule has 0 saturated heterocycles. The van der Waals surface area contributed by atoms with Crippen molar-refractivity contribution in [2.75, 3.05) is 0 Å². The Morgan fingerprint density at radius 2 is 2.38 bits per heavy atom. The Hall–Kier alpha value is -1.20. The summed E-state index contributed by atoms with van der Waals surface area (Å²) >= 11 is 1.64. The highest BCUT2D eigenvalue weighted by Gasteiger charge is 2.13. The third kappa shape index (κ3) is 2.31. The molecule has 2 rings (SSSR count). The number of nitrogens with zero attached hydrogens (tertiary/aromatic N) is 3. The van der Waals surface area contributed by atoms with Crippen LogP contribution in [0.3, 0.4) is 0 Å². The number of hydrogen-bond acceptors (Lipinski definition) is 4. The Balaban J connectivity index is 2.10. The fourth-order valence-corrected chi connectivity index (χ4v) is 2.35. The van der Waals surface area contributed by atoms with E-state index in [0.717, 1.165) is 29.5 Å². The Kier molecular flexibility index (Phi) is 3.36. The zero-order valence-electron chi connectivity index (χ0n) is 9.55. The standard InChI is InChI=1S/C11H16N4S/c1-3-15-5-4-13-11(15)6-9(12)10-7-16-8(2)14-10/h4-5,7,9H,3,6,12H2,1-2H3. The predicted octanol–water partition coefficient (Wildman–Crippen LogP) is 1.91. The molecule has 0 amide bonds. The number of imidazole rings is 1. The van der Waals surface area contributed by atoms with Gasteiger partial charge in [0.25, 0.3) is 0 Å². The summed E-state index contributed by atoms with van der Waals surface area (Å²) in [6, 6.07) is -0.0577. The summed E-state index contributed by atoms with van der Waals surface area (Å²) in [4.78, 5) is 8.72. The predicted molar refractivity (Wildman–Crippen MR) is 65.4 cm³/mol. The first-order valence-corrected chi connectivity index (χ1v) is 6.26. The second kappa shape index (κ2) is 4.76. The molecule has 0 aliphatic heterocycles. The van der Waals surface area contributed by atoms with Gasteiger partial charge in [-0.15, -0.1) is 11.3 Å². The summed E-state index contributed by atoms with van der Waals surface area (Å²) in [5.74, 6) is 1.03. The van der Waals surface area contributed by atoms with Crippen molar-refractivity contribution >= 4 is 11.3 Å². The van der Waals surface area contributed by atoms with Crippen molar-refractivity contribution in [1.82, 2.24) is 14.5 Å². The van der Waals surface area contributed by atoms with Gasteiger partial charge in [-0.3, -0.25) is 0 Å². The van der Waals surface area contributed by atoms with Crippen LogP contribution in [0.4, 0.5) is 0 Å². The van der Waals surface area contributed by atoms with Crippen LogP contribution in [0, 0.1) is 6.92 Å². The fraction of sp³-hybridized carbons (Fsp3) is 0.455. The number of thiazole rings is 1. The molecule has 1 atom stereocenters. The molecule has 0 radical (unpaired) electrons. The van der Waals surface area contributed by atoms with Crippen molar-refractivity contribution in [1.29, 1.82) is 0 Å². The molecule has 0 aliphatic rings. The quantitative estimate of drug-likeness (QED) is 0.882. The van der Waals surface area contributed by atoms with Crippen molar-refractivity contribution < 1.29 is 0 Å². The van der Waals surface area contributed by atoms with E-state index in [4.69, 9.17) is 5.73 Å². The van der Waals surface area contributed by atoms with Crippen LogP contribution in [0.2, 0.25) is 0 Å². The maximum Gasteiger partial charge on any atom is 0.110 e. The molecule has 4 nitrogen and oxygen atoms in total. The second-order valence-electron chi connectivity index (χ2n) is 3.73. The van der Waals surface area contributed by atoms with Crippen LogP contribution in [-0.4, -0.2) is 14.5 Å². The van der Waals surface area contributed by atoms with E-state index in [0.29, 0.717) is 0 Å². The minimum Gasteiger partial charge on any atom is -0.335 e. The average molecular weight is 236 g/mol. The average Bonchev–Trinajstić information content (AvgIpc) is 2.86. The van der Waals surface area contributed by atoms with Crippen molar-refractivity contribution in [3.63, 3.8) is 0 Å². The number of hydrogen-bond donors (Lipinski definition) is 1. The van der Waals surface area contributed by atoms with E-state index in [1.807, 2.05) is 24.7 Å². The lowest BCUT2D eigenvalue weighted by atomic mass is 10.1. The van der Waals surface area contributed by atoms with Crippen LogP contribution < -0.4 is 5.73 Å². The first-order valence-electron chi connectivity index (χ1n) is 5.38. The smallest absolute Gasteiger partial charge is 0.110 e. The summed E-state index contributed by atoms with van der Waals surface area (Å²) in [5, 5.41) is 3.09. The third-order valence-corrected chi connectivity index (χ3v) is 3.35. The molecule has 0 aliphatic carbocycles. The maximum atomic E-state index is 6.11. The molecule has 2 aromatic heterocycles. The summed E-state index contributed by atoms with van der Waals surface area (Å²) in [6.07, 6.45) is 4.54. The molecule has 0 spiro atoms. The molecule has 16 heavy (non-hydrogen) atoms. The van der Waals surface area contributed by atoms with E-state index in [2.05, 4.69) is 21.5 Å². The first kappa shape index (κ1) is 11.3. The normalized spacial score (nSPS) is 12.9. The molecule has 86 valence electrons. The molecule has 0 fully saturated rings. The van der Waals surface area contributed by atoms with Crippen molar-refractivity contribution in [3.05, 3.63) is 34.3 Å². The molecule has 0 bridgehead atoms. The van der Waals surface area contributed by atoms with E-state index in [-0.39, 0.29) is 6.04 Å². The van der Waals surface area contributed by atoms with Gasteiger partial charge in [0, 0.05) is 30.7 Å². The van der Waals surface area contributed by atoms with Crippen LogP contribution >= 0.6 is 11.3 Å². The third-order valence-electron chi connectivity index (χ3n) is 2.56. The van der Waals surface area contributed by atoms with Gasteiger partial charge in [0.15, 0.2) is 0 Å². The summed E-state index contributed by atoms with van der Waals surface area (Å²) in [6.45, 7) is 5.02. The molecule has 1 unspecified atom stereocenters. The Morgan fingerprint density at radius 3 is 3.00 bits per heavy atom. The van der Waals surface area contributed by atoms with Crippen LogP contribution in [-0.2, 0) is 13.0 Å². The van der Waals surface area contributed by atoms with E-state index in [1.165, 1.54) is 0 Å². The lowest BCUT2D eigenvalue weighted by Crippen LogP contribution is -2.16. The Morgan fingerprint density at radius 1 is 1.56 bits per heavy atom. The van der Waals surface area contributed by atoms with Gasteiger partial charge >= 0.3 is 0 Å². The molecule has 0 saturated carbocycles. The molecule has 2 N–H and O–H groups in total. The lowest BCUT2D eigenvalue weighted by Gasteiger charge is -2.09. The largest absolute Gasteiger partial charge is 0.335 e. The van der Waals surface area contributed by atoms with Gasteiger partial charge in [0.2, 0.25) is 0 Å². The molecular weight excluding hydrogens is 220 g/mol. The highest BCUT2D eigenvalue weighted by Crippen LogP contribution is 2.17. The van der Waals surface area contributed by atoms with Crippen LogP contribution in [0.1, 0.15) is 29.5 Å². The minimum absolute atomic E-state index is 0.0577. The van der Waals surface area contributed by atoms with Gasteiger partial charge < -0.3 is 10.3 Å². The Bertz CT molecular complexity index is 460. The molecular formula is C11H16N4S. The van der Waals surface area contributed by atoms with E-state index < -0.39 is 0 Å². The second-order valence-corrected chi connectivity index (χ2v) is 4.79. The lowest BCUT2D eigenvalue weighted by molar-refractivity contribution is 0.619. The molecule has 0 aromatic carbocycles. The molecule has 2 heterocycles. The molecule has 2 aromatic rings. The minimum atomic E-state index is -0.0577. The van der Waals surface area contributed by atoms with E-state index >= 15 is 0 Å². The van der Waals surface area contributed by atoms with E-state index in [1.54, 1.807) is 11.3 Å². The first-order chi connectivity index (χ1) is 7.70. The van der Waals surface area contributed by atoms with Gasteiger partial charge in [-0.25, -0.2) is 9.97 Å². The monoisotopic (exact) mass is 236 g/mol. The maximum absolute atomic E-state index is 6.11. The van der Waals surface area contributed by atoms with Crippen molar-refractivity contribution in [2.24, 2.45) is 5.73 Å². The SMILES string of the molecule is CCn1ccnc1CC(N)c1csc(C)n1. The van der Waals surface area contributed by atoms with Crippen molar-refractivity contribution in [2.45, 2.75) is 32.9 Å². The van der Waals surface area contributed by atoms with Gasteiger partial charge in [-0.05, 0) is 13.8 Å². The topological polar surface area (TPSA) is 56.7 Å². The van der Waals surface area contributed by atoms with Gasteiger partial charge in [-0.2, -0.15) is 0 Å². The van der Waals surface area contributed by atoms with Crippen LogP contribution in [0.25, 0.3) is 0 Å². The Labute approximate surface area is 99.2 Å². The highest BCUT2D eigenvalue weighted by atomic mass is 32.1. The highest BCUT2D eigenvalue weighted by molar-refractivity contribution is 7.09. The summed E-state index contributed by atoms with van der Waals surface area (Å²) < 4.78 is 2.11. The van der Waals surface area contributed by atoms with Crippen LogP contribution in [0.5, 0.6) is 0 Å². The number of aromatic nitrogens is 3. The van der Waals surface area contributed by atoms with Gasteiger partial charge in [0.05, 0.1) is 16.7 Å². The van der Waals surface area contributed by atoms with Crippen molar-refractivity contribution in [3.8, 4) is 0 Å². The fourth-order valence-electron chi connectivity index (χ4n) is 1.67. The number of rotatable bonds is 4. The van der Waals surface area contributed by atoms with Gasteiger partial charge in [0.1, 0.15) is 5.82 Å². The van der Waals surface area contributed by atoms with Gasteiger partial charge in [-0.1, -0.05) is 0 Å². The summed E-state index contributed by atoms with van der Waals surface area (Å²) in [5.41, 5.74) is 7.08. The molecule has 5 heteroatoms. The van der Waals surface area contributed by atoms with E-state index in [9.17, 15) is 0 Å². The van der Waals surface area contributed by atoms with Crippen LogP contribution in [0.15, 0.2) is 17.8 Å². The summed E-state index contributed by atoms with van der Waals surface area (Å²) in [7, 11) is 0. The zero-order chi connectivity index (χ0) is 11.5. The zero-order valence-corrected chi connectivity index (χ0v) is 10.4. The number of nitrogens with two attached hydrogens (primary N) is 1. The number of aryl methyl sites for hydroxylation is 2.